The third-order valence-electron chi connectivity index (χ3n) is 1.31. The first-order valence-corrected chi connectivity index (χ1v) is 4.03. The first-order valence-electron chi connectivity index (χ1n) is 3.24. The molecule has 0 saturated carbocycles. The van der Waals surface area contributed by atoms with Crippen molar-refractivity contribution in [2.45, 2.75) is 13.8 Å². The summed E-state index contributed by atoms with van der Waals surface area (Å²) in [5.74, 6) is -0.0168. The number of halogens is 1. The summed E-state index contributed by atoms with van der Waals surface area (Å²) >= 11 is 3.26. The Hall–Kier alpha value is -0.700. The molecule has 1 heterocycles. The first kappa shape index (κ1) is 8.40. The van der Waals surface area contributed by atoms with Gasteiger partial charge in [-0.2, -0.15) is 0 Å². The van der Waals surface area contributed by atoms with Crippen LogP contribution in [0.25, 0.3) is 0 Å². The van der Waals surface area contributed by atoms with Crippen LogP contribution in [0.2, 0.25) is 0 Å². The summed E-state index contributed by atoms with van der Waals surface area (Å²) in [6.07, 6.45) is 1.68. The molecule has 0 aliphatic carbocycles. The zero-order valence-electron chi connectivity index (χ0n) is 6.39. The quantitative estimate of drug-likeness (QED) is 0.671. The van der Waals surface area contributed by atoms with Crippen LogP contribution in [-0.2, 0) is 0 Å². The molecule has 1 rings (SSSR count). The summed E-state index contributed by atoms with van der Waals surface area (Å²) < 4.78 is 0.769. The maximum absolute atomic E-state index is 10.9. The highest BCUT2D eigenvalue weighted by molar-refractivity contribution is 9.10. The van der Waals surface area contributed by atoms with Gasteiger partial charge in [-0.3, -0.25) is 9.78 Å². The zero-order chi connectivity index (χ0) is 8.43. The maximum atomic E-state index is 10.9. The Labute approximate surface area is 73.8 Å². The second-order valence-corrected chi connectivity index (χ2v) is 3.25. The number of hydrogen-bond acceptors (Lipinski definition) is 2. The number of Topliss-reactive ketones (excluding diaryl/α,β-unsaturated/α-hetero) is 1. The van der Waals surface area contributed by atoms with E-state index in [1.54, 1.807) is 6.20 Å². The smallest absolute Gasteiger partial charge is 0.179 e. The maximum Gasteiger partial charge on any atom is 0.179 e. The average molecular weight is 214 g/mol. The minimum atomic E-state index is -0.0168. The number of nitrogens with zero attached hydrogens (tertiary/aromatic N) is 1. The van der Waals surface area contributed by atoms with Crippen molar-refractivity contribution in [2.75, 3.05) is 0 Å². The van der Waals surface area contributed by atoms with E-state index in [2.05, 4.69) is 20.9 Å². The molecule has 0 aromatic carbocycles. The van der Waals surface area contributed by atoms with E-state index in [9.17, 15) is 4.79 Å². The molecule has 0 fully saturated rings. The van der Waals surface area contributed by atoms with Gasteiger partial charge in [-0.05, 0) is 34.5 Å². The van der Waals surface area contributed by atoms with Crippen LogP contribution in [0.15, 0.2) is 16.7 Å². The van der Waals surface area contributed by atoms with E-state index in [1.165, 1.54) is 6.92 Å². The number of hydrogen-bond donors (Lipinski definition) is 0. The van der Waals surface area contributed by atoms with E-state index < -0.39 is 0 Å². The van der Waals surface area contributed by atoms with Crippen LogP contribution < -0.4 is 0 Å². The fraction of sp³-hybridized carbons (Fsp3) is 0.250. The topological polar surface area (TPSA) is 30.0 Å². The molecule has 0 atom stereocenters. The van der Waals surface area contributed by atoms with E-state index in [0.717, 1.165) is 10.0 Å². The Morgan fingerprint density at radius 2 is 2.27 bits per heavy atom. The van der Waals surface area contributed by atoms with Crippen molar-refractivity contribution in [3.05, 3.63) is 28.0 Å². The Balaban J connectivity index is 3.20. The molecule has 0 spiro atoms. The standard InChI is InChI=1S/C8H8BrNO/c1-5-3-7(9)8(6(2)11)10-4-5/h3-4H,1-2H3. The molecule has 0 aliphatic rings. The molecule has 0 radical (unpaired) electrons. The van der Waals surface area contributed by atoms with Gasteiger partial charge < -0.3 is 0 Å². The highest BCUT2D eigenvalue weighted by Crippen LogP contribution is 2.15. The summed E-state index contributed by atoms with van der Waals surface area (Å²) in [4.78, 5) is 14.9. The molecule has 0 unspecified atom stereocenters. The highest BCUT2D eigenvalue weighted by Gasteiger charge is 2.05. The van der Waals surface area contributed by atoms with Gasteiger partial charge in [-0.25, -0.2) is 0 Å². The number of aryl methyl sites for hydroxylation is 1. The number of aromatic nitrogens is 1. The molecule has 1 aromatic rings. The second-order valence-electron chi connectivity index (χ2n) is 2.40. The molecule has 2 nitrogen and oxygen atoms in total. The van der Waals surface area contributed by atoms with Crippen molar-refractivity contribution in [1.29, 1.82) is 0 Å². The molecule has 11 heavy (non-hydrogen) atoms. The van der Waals surface area contributed by atoms with Crippen LogP contribution in [-0.4, -0.2) is 10.8 Å². The van der Waals surface area contributed by atoms with Crippen LogP contribution in [0.1, 0.15) is 23.0 Å². The highest BCUT2D eigenvalue weighted by atomic mass is 79.9. The number of carbonyl (C=O) groups excluding carboxylic acids is 1. The van der Waals surface area contributed by atoms with Crippen LogP contribution in [0, 0.1) is 6.92 Å². The molecule has 3 heteroatoms. The van der Waals surface area contributed by atoms with E-state index in [1.807, 2.05) is 13.0 Å². The predicted molar refractivity (Wildman–Crippen MR) is 46.7 cm³/mol. The number of ketones is 1. The van der Waals surface area contributed by atoms with Gasteiger partial charge in [0, 0.05) is 17.6 Å². The Kier molecular flexibility index (Phi) is 2.39. The fourth-order valence-electron chi connectivity index (χ4n) is 0.793. The molecule has 0 aliphatic heterocycles. The van der Waals surface area contributed by atoms with Gasteiger partial charge in [-0.15, -0.1) is 0 Å². The summed E-state index contributed by atoms with van der Waals surface area (Å²) in [5.41, 5.74) is 1.54. The van der Waals surface area contributed by atoms with Gasteiger partial charge in [0.2, 0.25) is 0 Å². The SMILES string of the molecule is CC(=O)c1ncc(C)cc1Br. The molecule has 1 aromatic heterocycles. The lowest BCUT2D eigenvalue weighted by Crippen LogP contribution is -1.97. The third kappa shape index (κ3) is 1.87. The molecule has 0 bridgehead atoms. The number of carbonyl (C=O) groups is 1. The lowest BCUT2D eigenvalue weighted by Gasteiger charge is -1.98. The molecule has 0 N–H and O–H groups in total. The summed E-state index contributed by atoms with van der Waals surface area (Å²) in [6.45, 7) is 3.43. The van der Waals surface area contributed by atoms with Crippen molar-refractivity contribution in [2.24, 2.45) is 0 Å². The van der Waals surface area contributed by atoms with Crippen molar-refractivity contribution in [1.82, 2.24) is 4.98 Å². The van der Waals surface area contributed by atoms with E-state index in [0.29, 0.717) is 5.69 Å². The summed E-state index contributed by atoms with van der Waals surface area (Å²) in [5, 5.41) is 0. The van der Waals surface area contributed by atoms with E-state index >= 15 is 0 Å². The molecule has 0 saturated heterocycles. The van der Waals surface area contributed by atoms with Gasteiger partial charge >= 0.3 is 0 Å². The van der Waals surface area contributed by atoms with E-state index in [-0.39, 0.29) is 5.78 Å². The minimum Gasteiger partial charge on any atom is -0.293 e. The minimum absolute atomic E-state index is 0.0168. The summed E-state index contributed by atoms with van der Waals surface area (Å²) in [7, 11) is 0. The number of pyridine rings is 1. The van der Waals surface area contributed by atoms with Gasteiger partial charge in [0.25, 0.3) is 0 Å². The fourth-order valence-corrected chi connectivity index (χ4v) is 1.54. The van der Waals surface area contributed by atoms with Crippen LogP contribution in [0.3, 0.4) is 0 Å². The Bertz CT molecular complexity index is 296. The Morgan fingerprint density at radius 1 is 1.64 bits per heavy atom. The number of rotatable bonds is 1. The average Bonchev–Trinajstić information content (AvgIpc) is 1.85. The van der Waals surface area contributed by atoms with Gasteiger partial charge in [-0.1, -0.05) is 0 Å². The van der Waals surface area contributed by atoms with Gasteiger partial charge in [0.15, 0.2) is 5.78 Å². The van der Waals surface area contributed by atoms with Crippen LogP contribution in [0.4, 0.5) is 0 Å². The second kappa shape index (κ2) is 3.13. The van der Waals surface area contributed by atoms with Gasteiger partial charge in [0.1, 0.15) is 5.69 Å². The molecule has 58 valence electrons. The molecule has 0 amide bonds. The lowest BCUT2D eigenvalue weighted by molar-refractivity contribution is 0.101. The zero-order valence-corrected chi connectivity index (χ0v) is 7.97. The third-order valence-corrected chi connectivity index (χ3v) is 1.92. The van der Waals surface area contributed by atoms with E-state index in [4.69, 9.17) is 0 Å². The van der Waals surface area contributed by atoms with Crippen molar-refractivity contribution in [3.63, 3.8) is 0 Å². The molecular formula is C8H8BrNO. The van der Waals surface area contributed by atoms with Crippen molar-refractivity contribution >= 4 is 21.7 Å². The monoisotopic (exact) mass is 213 g/mol. The lowest BCUT2D eigenvalue weighted by atomic mass is 10.2. The van der Waals surface area contributed by atoms with Gasteiger partial charge in [0.05, 0.1) is 0 Å². The largest absolute Gasteiger partial charge is 0.293 e. The van der Waals surface area contributed by atoms with Crippen molar-refractivity contribution < 1.29 is 4.79 Å². The van der Waals surface area contributed by atoms with Crippen molar-refractivity contribution in [3.8, 4) is 0 Å². The first-order chi connectivity index (χ1) is 5.11. The van der Waals surface area contributed by atoms with Crippen LogP contribution in [0.5, 0.6) is 0 Å². The normalized spacial score (nSPS) is 9.73. The Morgan fingerprint density at radius 3 is 2.73 bits per heavy atom. The van der Waals surface area contributed by atoms with Crippen LogP contribution >= 0.6 is 15.9 Å². The molecular weight excluding hydrogens is 206 g/mol. The predicted octanol–water partition coefficient (Wildman–Crippen LogP) is 2.36. The summed E-state index contributed by atoms with van der Waals surface area (Å²) in [6, 6.07) is 1.88.